The maximum absolute atomic E-state index is 12.6. The molecule has 1 aliphatic heterocycles. The molecule has 1 aliphatic rings. The van der Waals surface area contributed by atoms with E-state index in [-0.39, 0.29) is 12.1 Å². The number of fused-ring (bicyclic) bond motifs is 1. The van der Waals surface area contributed by atoms with Gasteiger partial charge in [-0.05, 0) is 80.5 Å². The molecule has 0 bridgehead atoms. The molecule has 1 saturated heterocycles. The highest BCUT2D eigenvalue weighted by Gasteiger charge is 2.27. The second-order valence-electron chi connectivity index (χ2n) is 8.19. The van der Waals surface area contributed by atoms with Crippen LogP contribution in [0.3, 0.4) is 0 Å². The van der Waals surface area contributed by atoms with E-state index in [0.29, 0.717) is 6.54 Å². The second-order valence-corrected chi connectivity index (χ2v) is 10.1. The zero-order valence-corrected chi connectivity index (χ0v) is 19.3. The molecule has 0 aliphatic carbocycles. The third-order valence-corrected chi connectivity index (χ3v) is 7.05. The predicted octanol–water partition coefficient (Wildman–Crippen LogP) is 5.73. The highest BCUT2D eigenvalue weighted by molar-refractivity contribution is 9.10. The Morgan fingerprint density at radius 3 is 2.75 bits per heavy atom. The Morgan fingerprint density at radius 1 is 1.25 bits per heavy atom. The Bertz CT molecular complexity index is 840. The molecule has 3 rings (SSSR count). The van der Waals surface area contributed by atoms with E-state index in [1.807, 2.05) is 44.1 Å². The Morgan fingerprint density at radius 2 is 2.00 bits per heavy atom. The molecule has 0 spiro atoms. The lowest BCUT2D eigenvalue weighted by Gasteiger charge is -2.36. The highest BCUT2D eigenvalue weighted by Crippen LogP contribution is 2.36. The summed E-state index contributed by atoms with van der Waals surface area (Å²) in [5.74, 6) is 0. The number of rotatable bonds is 2. The van der Waals surface area contributed by atoms with E-state index in [1.165, 1.54) is 4.90 Å². The number of nitrogens with zero attached hydrogens (tertiary/aromatic N) is 3. The number of carbonyl (C=O) groups excluding carboxylic acids is 1. The summed E-state index contributed by atoms with van der Waals surface area (Å²) in [5.41, 5.74) is -0.470. The largest absolute Gasteiger partial charge is 0.444 e. The lowest BCUT2D eigenvalue weighted by Crippen LogP contribution is -2.46. The van der Waals surface area contributed by atoms with Gasteiger partial charge < -0.3 is 9.64 Å². The van der Waals surface area contributed by atoms with Crippen molar-refractivity contribution in [1.29, 1.82) is 0 Å². The summed E-state index contributed by atoms with van der Waals surface area (Å²) >= 11 is 5.52. The molecular formula is C21H28BrN3O2S. The molecule has 1 aromatic carbocycles. The summed E-state index contributed by atoms with van der Waals surface area (Å²) in [6.45, 7) is 10.3. The summed E-state index contributed by atoms with van der Waals surface area (Å²) < 4.78 is 9.06. The van der Waals surface area contributed by atoms with Crippen molar-refractivity contribution in [1.82, 2.24) is 14.2 Å². The van der Waals surface area contributed by atoms with Crippen LogP contribution in [0.25, 0.3) is 10.8 Å². The number of ether oxygens (including phenoxy) is 1. The van der Waals surface area contributed by atoms with Gasteiger partial charge in [0.15, 0.2) is 0 Å². The van der Waals surface area contributed by atoms with Gasteiger partial charge in [0.1, 0.15) is 5.60 Å². The molecule has 1 amide bonds. The average molecular weight is 466 g/mol. The van der Waals surface area contributed by atoms with Gasteiger partial charge in [0.2, 0.25) is 0 Å². The Hall–Kier alpha value is -1.31. The van der Waals surface area contributed by atoms with Gasteiger partial charge in [0.05, 0.1) is 0 Å². The quantitative estimate of drug-likeness (QED) is 0.530. The number of hydrogen-bond acceptors (Lipinski definition) is 5. The van der Waals surface area contributed by atoms with E-state index >= 15 is 0 Å². The summed E-state index contributed by atoms with van der Waals surface area (Å²) in [6.07, 6.45) is 5.51. The smallest absolute Gasteiger partial charge is 0.410 e. The average Bonchev–Trinajstić information content (AvgIpc) is 2.62. The lowest BCUT2D eigenvalue weighted by molar-refractivity contribution is 0.0201. The fraction of sp³-hybridized carbons (Fsp3) is 0.524. The maximum atomic E-state index is 12.6. The lowest BCUT2D eigenvalue weighted by atomic mass is 10.2. The molecular weight excluding hydrogens is 438 g/mol. The fourth-order valence-corrected chi connectivity index (χ4v) is 4.98. The van der Waals surface area contributed by atoms with Crippen LogP contribution in [0.1, 0.15) is 40.5 Å². The van der Waals surface area contributed by atoms with Crippen LogP contribution < -0.4 is 0 Å². The minimum atomic E-state index is -0.470. The van der Waals surface area contributed by atoms with E-state index in [2.05, 4.69) is 44.3 Å². The van der Waals surface area contributed by atoms with Gasteiger partial charge in [-0.15, -0.1) is 0 Å². The topological polar surface area (TPSA) is 45.7 Å². The van der Waals surface area contributed by atoms with Crippen LogP contribution in [0, 0.1) is 0 Å². The van der Waals surface area contributed by atoms with E-state index in [4.69, 9.17) is 4.74 Å². The fourth-order valence-electron chi connectivity index (χ4n) is 3.23. The van der Waals surface area contributed by atoms with Crippen LogP contribution in [-0.2, 0) is 4.74 Å². The van der Waals surface area contributed by atoms with Gasteiger partial charge in [0.25, 0.3) is 0 Å². The van der Waals surface area contributed by atoms with Crippen LogP contribution in [-0.4, -0.2) is 51.6 Å². The number of benzene rings is 1. The normalized spacial score (nSPS) is 19.3. The van der Waals surface area contributed by atoms with Crippen LogP contribution in [0.2, 0.25) is 0 Å². The zero-order valence-electron chi connectivity index (χ0n) is 16.9. The summed E-state index contributed by atoms with van der Waals surface area (Å²) in [5, 5.41) is 2.28. The van der Waals surface area contributed by atoms with Gasteiger partial charge in [0, 0.05) is 58.2 Å². The number of aromatic nitrogens is 1. The highest BCUT2D eigenvalue weighted by atomic mass is 79.9. The minimum absolute atomic E-state index is 0.217. The van der Waals surface area contributed by atoms with Crippen LogP contribution in [0.4, 0.5) is 4.79 Å². The predicted molar refractivity (Wildman–Crippen MR) is 119 cm³/mol. The van der Waals surface area contributed by atoms with Gasteiger partial charge in [-0.3, -0.25) is 4.98 Å². The second kappa shape index (κ2) is 9.01. The molecule has 0 radical (unpaired) electrons. The van der Waals surface area contributed by atoms with Crippen molar-refractivity contribution >= 4 is 44.7 Å². The molecule has 1 aromatic heterocycles. The van der Waals surface area contributed by atoms with Crippen molar-refractivity contribution in [2.45, 2.75) is 57.1 Å². The summed E-state index contributed by atoms with van der Waals surface area (Å²) in [6, 6.07) is 6.50. The van der Waals surface area contributed by atoms with Crippen molar-refractivity contribution in [2.24, 2.45) is 0 Å². The van der Waals surface area contributed by atoms with Crippen molar-refractivity contribution in [2.75, 3.05) is 19.6 Å². The van der Waals surface area contributed by atoms with Crippen molar-refractivity contribution in [3.8, 4) is 0 Å². The molecule has 152 valence electrons. The van der Waals surface area contributed by atoms with Crippen LogP contribution in [0.5, 0.6) is 0 Å². The van der Waals surface area contributed by atoms with Gasteiger partial charge in [-0.2, -0.15) is 0 Å². The standard InChI is InChI=1S/C21H28BrN3O2S/c1-15-14-24(20(26)27-21(2,3)4)11-5-6-12-25(15)28-18-8-7-16-13-23-10-9-17(16)19(18)22/h7-10,13,15H,5-6,11-12,14H2,1-4H3/t15-/m1/s1. The number of carbonyl (C=O) groups is 1. The Labute approximate surface area is 180 Å². The van der Waals surface area contributed by atoms with Crippen LogP contribution >= 0.6 is 27.9 Å². The molecule has 28 heavy (non-hydrogen) atoms. The molecule has 1 fully saturated rings. The molecule has 0 saturated carbocycles. The van der Waals surface area contributed by atoms with E-state index < -0.39 is 5.60 Å². The number of hydrogen-bond donors (Lipinski definition) is 0. The molecule has 7 heteroatoms. The van der Waals surface area contributed by atoms with Crippen molar-refractivity contribution < 1.29 is 9.53 Å². The van der Waals surface area contributed by atoms with Gasteiger partial charge >= 0.3 is 6.09 Å². The molecule has 2 heterocycles. The molecule has 0 unspecified atom stereocenters. The number of amides is 1. The number of pyridine rings is 1. The third-order valence-electron chi connectivity index (χ3n) is 4.62. The first-order chi connectivity index (χ1) is 13.2. The van der Waals surface area contributed by atoms with Crippen LogP contribution in [0.15, 0.2) is 40.0 Å². The van der Waals surface area contributed by atoms with Crippen molar-refractivity contribution in [3.05, 3.63) is 35.1 Å². The third kappa shape index (κ3) is 5.39. The summed E-state index contributed by atoms with van der Waals surface area (Å²) in [4.78, 5) is 19.8. The first-order valence-corrected chi connectivity index (χ1v) is 11.3. The summed E-state index contributed by atoms with van der Waals surface area (Å²) in [7, 11) is 0. The molecule has 1 atom stereocenters. The Balaban J connectivity index is 1.74. The van der Waals surface area contributed by atoms with Gasteiger partial charge in [-0.25, -0.2) is 9.10 Å². The van der Waals surface area contributed by atoms with E-state index in [0.717, 1.165) is 41.2 Å². The minimum Gasteiger partial charge on any atom is -0.444 e. The molecule has 2 aromatic rings. The van der Waals surface area contributed by atoms with Crippen molar-refractivity contribution in [3.63, 3.8) is 0 Å². The molecule has 5 nitrogen and oxygen atoms in total. The first-order valence-electron chi connectivity index (χ1n) is 9.69. The maximum Gasteiger partial charge on any atom is 0.410 e. The molecule has 0 N–H and O–H groups in total. The SMILES string of the molecule is C[C@@H]1CN(C(=O)OC(C)(C)C)CCCCN1Sc1ccc2cnccc2c1Br. The monoisotopic (exact) mass is 465 g/mol. The van der Waals surface area contributed by atoms with E-state index in [9.17, 15) is 4.79 Å². The number of halogens is 1. The Kier molecular flexibility index (Phi) is 6.89. The van der Waals surface area contributed by atoms with E-state index in [1.54, 1.807) is 11.9 Å². The zero-order chi connectivity index (χ0) is 20.3. The first kappa shape index (κ1) is 21.4. The van der Waals surface area contributed by atoms with Gasteiger partial charge in [-0.1, -0.05) is 6.07 Å².